The molecular formula is C21H21N3. The lowest BCUT2D eigenvalue weighted by atomic mass is 9.76. The lowest BCUT2D eigenvalue weighted by Crippen LogP contribution is -2.29. The fourth-order valence-corrected chi connectivity index (χ4v) is 3.97. The van der Waals surface area contributed by atoms with E-state index in [-0.39, 0.29) is 0 Å². The Kier molecular flexibility index (Phi) is 3.54. The molecule has 0 amide bonds. The van der Waals surface area contributed by atoms with Gasteiger partial charge in [-0.15, -0.1) is 0 Å². The van der Waals surface area contributed by atoms with Crippen LogP contribution in [0.5, 0.6) is 0 Å². The molecule has 0 spiro atoms. The van der Waals surface area contributed by atoms with Crippen LogP contribution in [0.1, 0.15) is 35.1 Å². The molecule has 3 heteroatoms. The lowest BCUT2D eigenvalue weighted by molar-refractivity contribution is 0.425. The van der Waals surface area contributed by atoms with Gasteiger partial charge in [0.05, 0.1) is 17.7 Å². The summed E-state index contributed by atoms with van der Waals surface area (Å²) >= 11 is 0. The summed E-state index contributed by atoms with van der Waals surface area (Å²) < 4.78 is 0. The SMILES string of the molecule is CN(C)c1ccc(C2Nc3ccc(C#N)cc3C3C=CCC32)cc1. The molecule has 1 heterocycles. The van der Waals surface area contributed by atoms with Gasteiger partial charge in [-0.05, 0) is 53.8 Å². The van der Waals surface area contributed by atoms with Gasteiger partial charge in [-0.3, -0.25) is 0 Å². The summed E-state index contributed by atoms with van der Waals surface area (Å²) in [5.74, 6) is 0.907. The van der Waals surface area contributed by atoms with Crippen molar-refractivity contribution in [1.29, 1.82) is 5.26 Å². The van der Waals surface area contributed by atoms with Gasteiger partial charge in [0.1, 0.15) is 0 Å². The van der Waals surface area contributed by atoms with Crippen LogP contribution < -0.4 is 10.2 Å². The summed E-state index contributed by atoms with van der Waals surface area (Å²) in [5.41, 5.74) is 5.70. The first-order valence-corrected chi connectivity index (χ1v) is 8.42. The molecule has 1 N–H and O–H groups in total. The Morgan fingerprint density at radius 1 is 1.12 bits per heavy atom. The quantitative estimate of drug-likeness (QED) is 0.832. The number of anilines is 2. The molecule has 2 aliphatic rings. The van der Waals surface area contributed by atoms with E-state index in [2.05, 4.69) is 72.9 Å². The Morgan fingerprint density at radius 2 is 1.92 bits per heavy atom. The molecule has 2 aromatic carbocycles. The van der Waals surface area contributed by atoms with Crippen molar-refractivity contribution < 1.29 is 0 Å². The lowest BCUT2D eigenvalue weighted by Gasteiger charge is -2.37. The van der Waals surface area contributed by atoms with Crippen LogP contribution in [0.3, 0.4) is 0 Å². The van der Waals surface area contributed by atoms with Crippen molar-refractivity contribution in [3.8, 4) is 6.07 Å². The zero-order valence-electron chi connectivity index (χ0n) is 14.0. The Morgan fingerprint density at radius 3 is 2.62 bits per heavy atom. The van der Waals surface area contributed by atoms with E-state index in [4.69, 9.17) is 0 Å². The first kappa shape index (κ1) is 14.8. The highest BCUT2D eigenvalue weighted by Crippen LogP contribution is 2.49. The number of allylic oxidation sites excluding steroid dienone is 2. The fourth-order valence-electron chi connectivity index (χ4n) is 3.97. The summed E-state index contributed by atoms with van der Waals surface area (Å²) in [6.07, 6.45) is 5.67. The van der Waals surface area contributed by atoms with Crippen molar-refractivity contribution >= 4 is 11.4 Å². The van der Waals surface area contributed by atoms with Crippen molar-refractivity contribution in [2.75, 3.05) is 24.3 Å². The minimum absolute atomic E-state index is 0.307. The maximum absolute atomic E-state index is 9.19. The van der Waals surface area contributed by atoms with Crippen LogP contribution in [0.2, 0.25) is 0 Å². The third kappa shape index (κ3) is 2.35. The van der Waals surface area contributed by atoms with E-state index in [1.807, 2.05) is 12.1 Å². The molecule has 1 aliphatic carbocycles. The number of nitrogens with one attached hydrogen (secondary N) is 1. The number of fused-ring (bicyclic) bond motifs is 3. The van der Waals surface area contributed by atoms with Gasteiger partial charge in [-0.2, -0.15) is 5.26 Å². The van der Waals surface area contributed by atoms with E-state index in [0.29, 0.717) is 17.9 Å². The molecule has 3 atom stereocenters. The molecule has 120 valence electrons. The molecule has 24 heavy (non-hydrogen) atoms. The highest BCUT2D eigenvalue weighted by Gasteiger charge is 2.37. The first-order valence-electron chi connectivity index (χ1n) is 8.42. The number of nitriles is 1. The third-order valence-electron chi connectivity index (χ3n) is 5.26. The van der Waals surface area contributed by atoms with Gasteiger partial charge in [-0.25, -0.2) is 0 Å². The average molecular weight is 315 g/mol. The second kappa shape index (κ2) is 5.72. The smallest absolute Gasteiger partial charge is 0.0991 e. The standard InChI is InChI=1S/C21H21N3/c1-24(2)16-9-7-15(8-10-16)21-18-5-3-4-17(18)19-12-14(13-22)6-11-20(19)23-21/h3-4,6-12,17-18,21,23H,5H2,1-2H3. The highest BCUT2D eigenvalue weighted by atomic mass is 15.1. The van der Waals surface area contributed by atoms with Crippen LogP contribution in [-0.4, -0.2) is 14.1 Å². The normalized spacial score (nSPS) is 23.8. The van der Waals surface area contributed by atoms with Crippen molar-refractivity contribution in [2.24, 2.45) is 5.92 Å². The molecule has 3 unspecified atom stereocenters. The summed E-state index contributed by atoms with van der Waals surface area (Å²) in [4.78, 5) is 2.12. The molecule has 0 fully saturated rings. The molecule has 0 saturated heterocycles. The predicted molar refractivity (Wildman–Crippen MR) is 98.3 cm³/mol. The summed E-state index contributed by atoms with van der Waals surface area (Å²) in [6, 6.07) is 17.4. The zero-order valence-corrected chi connectivity index (χ0v) is 14.0. The predicted octanol–water partition coefficient (Wildman–Crippen LogP) is 4.45. The maximum atomic E-state index is 9.19. The Hall–Kier alpha value is -2.73. The van der Waals surface area contributed by atoms with Gasteiger partial charge in [-0.1, -0.05) is 24.3 Å². The highest BCUT2D eigenvalue weighted by molar-refractivity contribution is 5.62. The minimum Gasteiger partial charge on any atom is -0.378 e. The van der Waals surface area contributed by atoms with E-state index in [1.165, 1.54) is 16.8 Å². The summed E-state index contributed by atoms with van der Waals surface area (Å²) in [7, 11) is 4.13. The van der Waals surface area contributed by atoms with Crippen molar-refractivity contribution in [3.05, 3.63) is 71.3 Å². The first-order chi connectivity index (χ1) is 11.7. The number of nitrogens with zero attached hydrogens (tertiary/aromatic N) is 2. The van der Waals surface area contributed by atoms with Gasteiger partial charge in [0.2, 0.25) is 0 Å². The van der Waals surface area contributed by atoms with Crippen LogP contribution in [0, 0.1) is 17.2 Å². The Labute approximate surface area is 143 Å². The molecule has 0 bridgehead atoms. The third-order valence-corrected chi connectivity index (χ3v) is 5.26. The van der Waals surface area contributed by atoms with Crippen molar-refractivity contribution in [3.63, 3.8) is 0 Å². The zero-order chi connectivity index (χ0) is 16.7. The number of hydrogen-bond donors (Lipinski definition) is 1. The molecule has 0 radical (unpaired) electrons. The van der Waals surface area contributed by atoms with Gasteiger partial charge in [0.15, 0.2) is 0 Å². The van der Waals surface area contributed by atoms with Crippen LogP contribution in [-0.2, 0) is 0 Å². The van der Waals surface area contributed by atoms with E-state index in [1.54, 1.807) is 0 Å². The molecule has 0 saturated carbocycles. The van der Waals surface area contributed by atoms with Gasteiger partial charge >= 0.3 is 0 Å². The van der Waals surface area contributed by atoms with Crippen LogP contribution in [0.15, 0.2) is 54.6 Å². The van der Waals surface area contributed by atoms with E-state index >= 15 is 0 Å². The molecular weight excluding hydrogens is 294 g/mol. The number of rotatable bonds is 2. The monoisotopic (exact) mass is 315 g/mol. The van der Waals surface area contributed by atoms with Crippen molar-refractivity contribution in [1.82, 2.24) is 0 Å². The molecule has 2 aromatic rings. The second-order valence-electron chi connectivity index (χ2n) is 6.88. The fraction of sp³-hybridized carbons (Fsp3) is 0.286. The van der Waals surface area contributed by atoms with Crippen LogP contribution in [0.4, 0.5) is 11.4 Å². The van der Waals surface area contributed by atoms with E-state index in [9.17, 15) is 5.26 Å². The molecule has 1 aliphatic heterocycles. The summed E-state index contributed by atoms with van der Waals surface area (Å²) in [5, 5.41) is 12.9. The average Bonchev–Trinajstić information content (AvgIpc) is 3.10. The second-order valence-corrected chi connectivity index (χ2v) is 6.88. The topological polar surface area (TPSA) is 39.1 Å². The number of benzene rings is 2. The Balaban J connectivity index is 1.72. The summed E-state index contributed by atoms with van der Waals surface area (Å²) in [6.45, 7) is 0. The van der Waals surface area contributed by atoms with Crippen LogP contribution in [0.25, 0.3) is 0 Å². The van der Waals surface area contributed by atoms with Gasteiger partial charge < -0.3 is 10.2 Å². The van der Waals surface area contributed by atoms with Gasteiger partial charge in [0, 0.05) is 31.4 Å². The largest absolute Gasteiger partial charge is 0.378 e. The van der Waals surface area contributed by atoms with Gasteiger partial charge in [0.25, 0.3) is 0 Å². The number of hydrogen-bond acceptors (Lipinski definition) is 3. The Bertz CT molecular complexity index is 827. The minimum atomic E-state index is 0.307. The van der Waals surface area contributed by atoms with E-state index < -0.39 is 0 Å². The molecule has 0 aromatic heterocycles. The van der Waals surface area contributed by atoms with E-state index in [0.717, 1.165) is 17.7 Å². The molecule has 4 rings (SSSR count). The molecule has 3 nitrogen and oxygen atoms in total. The van der Waals surface area contributed by atoms with Crippen LogP contribution >= 0.6 is 0 Å². The van der Waals surface area contributed by atoms with Crippen molar-refractivity contribution in [2.45, 2.75) is 18.4 Å². The maximum Gasteiger partial charge on any atom is 0.0991 e.